The SMILES string of the molecule is CC(C)NC(=O)c1ccc(O)c(NC(=O)C=Cc2c[nH]c3ccccc23)c1. The zero-order valence-corrected chi connectivity index (χ0v) is 15.1. The highest BCUT2D eigenvalue weighted by Crippen LogP contribution is 2.24. The highest BCUT2D eigenvalue weighted by atomic mass is 16.3. The molecule has 1 heterocycles. The van der Waals surface area contributed by atoms with Gasteiger partial charge in [0, 0.05) is 34.8 Å². The number of hydrogen-bond acceptors (Lipinski definition) is 3. The summed E-state index contributed by atoms with van der Waals surface area (Å²) in [6, 6.07) is 12.1. The molecule has 0 bridgehead atoms. The highest BCUT2D eigenvalue weighted by molar-refractivity contribution is 6.05. The van der Waals surface area contributed by atoms with E-state index in [4.69, 9.17) is 0 Å². The third-order valence-corrected chi connectivity index (χ3v) is 3.97. The van der Waals surface area contributed by atoms with Gasteiger partial charge in [0.2, 0.25) is 5.91 Å². The second-order valence-electron chi connectivity index (χ2n) is 6.47. The van der Waals surface area contributed by atoms with Gasteiger partial charge in [-0.15, -0.1) is 0 Å². The molecule has 0 aliphatic heterocycles. The Morgan fingerprint density at radius 2 is 1.93 bits per heavy atom. The van der Waals surface area contributed by atoms with Crippen LogP contribution in [0.4, 0.5) is 5.69 Å². The first-order valence-electron chi connectivity index (χ1n) is 8.63. The number of anilines is 1. The Kier molecular flexibility index (Phi) is 5.26. The molecule has 138 valence electrons. The Hall–Kier alpha value is -3.54. The standard InChI is InChI=1S/C21H21N3O3/c1-13(2)23-21(27)14-7-9-19(25)18(11-14)24-20(26)10-8-15-12-22-17-6-4-3-5-16(15)17/h3-13,22,25H,1-2H3,(H,23,27)(H,24,26). The number of H-pyrrole nitrogens is 1. The third-order valence-electron chi connectivity index (χ3n) is 3.97. The number of phenols is 1. The maximum absolute atomic E-state index is 12.2. The van der Waals surface area contributed by atoms with Crippen molar-refractivity contribution >= 4 is 34.5 Å². The second kappa shape index (κ2) is 7.78. The van der Waals surface area contributed by atoms with E-state index in [1.165, 1.54) is 24.3 Å². The summed E-state index contributed by atoms with van der Waals surface area (Å²) in [5.74, 6) is -0.781. The molecule has 0 unspecified atom stereocenters. The molecule has 0 aliphatic rings. The average molecular weight is 363 g/mol. The molecule has 0 fully saturated rings. The lowest BCUT2D eigenvalue weighted by Gasteiger charge is -2.11. The maximum Gasteiger partial charge on any atom is 0.251 e. The van der Waals surface area contributed by atoms with Crippen molar-refractivity contribution in [2.75, 3.05) is 5.32 Å². The molecule has 0 radical (unpaired) electrons. The van der Waals surface area contributed by atoms with Gasteiger partial charge in [0.25, 0.3) is 5.91 Å². The number of aromatic amines is 1. The van der Waals surface area contributed by atoms with Gasteiger partial charge in [0.15, 0.2) is 0 Å². The van der Waals surface area contributed by atoms with Gasteiger partial charge in [-0.05, 0) is 49.8 Å². The lowest BCUT2D eigenvalue weighted by atomic mass is 10.1. The van der Waals surface area contributed by atoms with E-state index in [0.717, 1.165) is 16.5 Å². The predicted molar refractivity (Wildman–Crippen MR) is 107 cm³/mol. The Balaban J connectivity index is 1.74. The van der Waals surface area contributed by atoms with Crippen LogP contribution in [0.2, 0.25) is 0 Å². The Morgan fingerprint density at radius 3 is 2.70 bits per heavy atom. The number of benzene rings is 2. The average Bonchev–Trinajstić information content (AvgIpc) is 3.04. The Morgan fingerprint density at radius 1 is 1.15 bits per heavy atom. The van der Waals surface area contributed by atoms with Crippen LogP contribution in [0.1, 0.15) is 29.8 Å². The number of amides is 2. The fourth-order valence-electron chi connectivity index (χ4n) is 2.69. The summed E-state index contributed by atoms with van der Waals surface area (Å²) in [5.41, 5.74) is 2.41. The van der Waals surface area contributed by atoms with Crippen LogP contribution in [0.15, 0.2) is 54.7 Å². The van der Waals surface area contributed by atoms with Crippen molar-refractivity contribution in [2.45, 2.75) is 19.9 Å². The molecule has 0 saturated carbocycles. The number of hydrogen-bond donors (Lipinski definition) is 4. The summed E-state index contributed by atoms with van der Waals surface area (Å²) in [7, 11) is 0. The molecular formula is C21H21N3O3. The number of aromatic hydroxyl groups is 1. The van der Waals surface area contributed by atoms with Crippen molar-refractivity contribution in [1.29, 1.82) is 0 Å². The molecule has 3 rings (SSSR count). The minimum Gasteiger partial charge on any atom is -0.506 e. The summed E-state index contributed by atoms with van der Waals surface area (Å²) in [4.78, 5) is 27.5. The van der Waals surface area contributed by atoms with Gasteiger partial charge in [-0.3, -0.25) is 9.59 Å². The number of carbonyl (C=O) groups excluding carboxylic acids is 2. The molecule has 0 spiro atoms. The van der Waals surface area contributed by atoms with Crippen molar-refractivity contribution in [3.63, 3.8) is 0 Å². The lowest BCUT2D eigenvalue weighted by molar-refractivity contribution is -0.111. The quantitative estimate of drug-likeness (QED) is 0.411. The van der Waals surface area contributed by atoms with Crippen molar-refractivity contribution in [3.8, 4) is 5.75 Å². The summed E-state index contributed by atoms with van der Waals surface area (Å²) in [5, 5.41) is 16.3. The smallest absolute Gasteiger partial charge is 0.251 e. The monoisotopic (exact) mass is 363 g/mol. The number of rotatable bonds is 5. The van der Waals surface area contributed by atoms with E-state index in [-0.39, 0.29) is 23.4 Å². The van der Waals surface area contributed by atoms with Crippen LogP contribution >= 0.6 is 0 Å². The zero-order valence-electron chi connectivity index (χ0n) is 15.1. The van der Waals surface area contributed by atoms with E-state index in [1.807, 2.05) is 44.3 Å². The lowest BCUT2D eigenvalue weighted by Crippen LogP contribution is -2.30. The molecule has 27 heavy (non-hydrogen) atoms. The first-order valence-corrected chi connectivity index (χ1v) is 8.63. The van der Waals surface area contributed by atoms with Crippen LogP contribution in [0.3, 0.4) is 0 Å². The molecule has 1 aromatic heterocycles. The summed E-state index contributed by atoms with van der Waals surface area (Å²) >= 11 is 0. The van der Waals surface area contributed by atoms with E-state index >= 15 is 0 Å². The second-order valence-corrected chi connectivity index (χ2v) is 6.47. The summed E-state index contributed by atoms with van der Waals surface area (Å²) < 4.78 is 0. The van der Waals surface area contributed by atoms with Crippen molar-refractivity contribution in [1.82, 2.24) is 10.3 Å². The molecule has 2 amide bonds. The summed E-state index contributed by atoms with van der Waals surface area (Å²) in [6.45, 7) is 3.72. The minimum absolute atomic E-state index is 0.0107. The normalized spacial score (nSPS) is 11.2. The molecule has 6 nitrogen and oxygen atoms in total. The van der Waals surface area contributed by atoms with Crippen molar-refractivity contribution in [3.05, 3.63) is 65.9 Å². The first kappa shape index (κ1) is 18.3. The van der Waals surface area contributed by atoms with Gasteiger partial charge in [-0.25, -0.2) is 0 Å². The van der Waals surface area contributed by atoms with E-state index in [2.05, 4.69) is 15.6 Å². The van der Waals surface area contributed by atoms with Gasteiger partial charge in [0.1, 0.15) is 5.75 Å². The number of nitrogens with one attached hydrogen (secondary N) is 3. The van der Waals surface area contributed by atoms with E-state index in [9.17, 15) is 14.7 Å². The van der Waals surface area contributed by atoms with Gasteiger partial charge in [0.05, 0.1) is 5.69 Å². The highest BCUT2D eigenvalue weighted by Gasteiger charge is 2.11. The van der Waals surface area contributed by atoms with Gasteiger partial charge < -0.3 is 20.7 Å². The van der Waals surface area contributed by atoms with Crippen LogP contribution in [-0.4, -0.2) is 27.9 Å². The largest absolute Gasteiger partial charge is 0.506 e. The molecule has 0 saturated heterocycles. The first-order chi connectivity index (χ1) is 12.9. The van der Waals surface area contributed by atoms with Crippen molar-refractivity contribution in [2.24, 2.45) is 0 Å². The third kappa shape index (κ3) is 4.36. The van der Waals surface area contributed by atoms with Crippen LogP contribution in [0, 0.1) is 0 Å². The van der Waals surface area contributed by atoms with E-state index < -0.39 is 5.91 Å². The Labute approximate surface area is 156 Å². The van der Waals surface area contributed by atoms with Gasteiger partial charge in [-0.2, -0.15) is 0 Å². The maximum atomic E-state index is 12.2. The molecule has 4 N–H and O–H groups in total. The fraction of sp³-hybridized carbons (Fsp3) is 0.143. The van der Waals surface area contributed by atoms with E-state index in [1.54, 1.807) is 6.08 Å². The number of phenolic OH excluding ortho intramolecular Hbond substituents is 1. The van der Waals surface area contributed by atoms with Crippen LogP contribution in [0.5, 0.6) is 5.75 Å². The predicted octanol–water partition coefficient (Wildman–Crippen LogP) is 3.66. The number of fused-ring (bicyclic) bond motifs is 1. The summed E-state index contributed by atoms with van der Waals surface area (Å²) in [6.07, 6.45) is 4.90. The van der Waals surface area contributed by atoms with E-state index in [0.29, 0.717) is 5.56 Å². The molecule has 0 aliphatic carbocycles. The molecule has 0 atom stereocenters. The zero-order chi connectivity index (χ0) is 19.4. The molecule has 3 aromatic rings. The van der Waals surface area contributed by atoms with Crippen LogP contribution in [-0.2, 0) is 4.79 Å². The van der Waals surface area contributed by atoms with Crippen molar-refractivity contribution < 1.29 is 14.7 Å². The molecular weight excluding hydrogens is 342 g/mol. The van der Waals surface area contributed by atoms with Crippen LogP contribution in [0.25, 0.3) is 17.0 Å². The van der Waals surface area contributed by atoms with Crippen LogP contribution < -0.4 is 10.6 Å². The Bertz CT molecular complexity index is 1020. The number of aromatic nitrogens is 1. The van der Waals surface area contributed by atoms with Gasteiger partial charge in [-0.1, -0.05) is 18.2 Å². The fourth-order valence-corrected chi connectivity index (χ4v) is 2.69. The number of para-hydroxylation sites is 1. The topological polar surface area (TPSA) is 94.2 Å². The molecule has 2 aromatic carbocycles. The van der Waals surface area contributed by atoms with Gasteiger partial charge >= 0.3 is 0 Å². The molecule has 6 heteroatoms. The minimum atomic E-state index is -0.406. The number of carbonyl (C=O) groups is 2.